The van der Waals surface area contributed by atoms with Crippen molar-refractivity contribution in [3.8, 4) is 0 Å². The normalized spacial score (nSPS) is 34.8. The molecule has 1 aliphatic carbocycles. The summed E-state index contributed by atoms with van der Waals surface area (Å²) < 4.78 is 0. The second-order valence-corrected chi connectivity index (χ2v) is 4.53. The lowest BCUT2D eigenvalue weighted by Crippen LogP contribution is -2.18. The van der Waals surface area contributed by atoms with Gasteiger partial charge in [0.1, 0.15) is 0 Å². The first kappa shape index (κ1) is 8.06. The van der Waals surface area contributed by atoms with Gasteiger partial charge in [-0.25, -0.2) is 0 Å². The molecule has 1 nitrogen and oxygen atoms in total. The van der Waals surface area contributed by atoms with E-state index in [9.17, 15) is 5.11 Å². The van der Waals surface area contributed by atoms with E-state index < -0.39 is 0 Å². The Balaban J connectivity index is 2.45. The molecule has 60 valence electrons. The molecule has 0 heterocycles. The Morgan fingerprint density at radius 2 is 1.80 bits per heavy atom. The van der Waals surface area contributed by atoms with E-state index in [1.807, 2.05) is 0 Å². The average Bonchev–Trinajstić information content (AvgIpc) is 2.11. The molecule has 2 atom stereocenters. The van der Waals surface area contributed by atoms with Crippen LogP contribution in [0.2, 0.25) is 0 Å². The van der Waals surface area contributed by atoms with E-state index in [-0.39, 0.29) is 6.10 Å². The molecule has 1 N–H and O–H groups in total. The highest BCUT2D eigenvalue weighted by molar-refractivity contribution is 4.82. The first-order valence-electron chi connectivity index (χ1n) is 4.18. The maximum absolute atomic E-state index is 9.26. The maximum Gasteiger partial charge on any atom is 0.0543 e. The van der Waals surface area contributed by atoms with Gasteiger partial charge in [-0.2, -0.15) is 0 Å². The Kier molecular flexibility index (Phi) is 2.04. The molecule has 1 saturated carbocycles. The lowest BCUT2D eigenvalue weighted by molar-refractivity contribution is 0.158. The Hall–Kier alpha value is -0.0400. The fourth-order valence-electron chi connectivity index (χ4n) is 1.74. The van der Waals surface area contributed by atoms with Gasteiger partial charge in [-0.1, -0.05) is 20.8 Å². The van der Waals surface area contributed by atoms with Crippen LogP contribution in [0.1, 0.15) is 40.0 Å². The van der Waals surface area contributed by atoms with Gasteiger partial charge < -0.3 is 5.11 Å². The van der Waals surface area contributed by atoms with Crippen molar-refractivity contribution in [3.63, 3.8) is 0 Å². The lowest BCUT2D eigenvalue weighted by Gasteiger charge is -2.26. The molecule has 0 spiro atoms. The highest BCUT2D eigenvalue weighted by atomic mass is 16.3. The number of rotatable bonds is 0. The van der Waals surface area contributed by atoms with Crippen LogP contribution in [0.25, 0.3) is 0 Å². The standard InChI is InChI=1S/C9H18O/c1-9(2,3)7-4-5-8(10)6-7/h7-8,10H,4-6H2,1-3H3/t7?,8-/m1/s1. The smallest absolute Gasteiger partial charge is 0.0543 e. The third-order valence-corrected chi connectivity index (χ3v) is 2.63. The molecular formula is C9H18O. The van der Waals surface area contributed by atoms with Crippen LogP contribution in [0, 0.1) is 11.3 Å². The number of hydrogen-bond acceptors (Lipinski definition) is 1. The third kappa shape index (κ3) is 1.72. The molecule has 0 aliphatic heterocycles. The van der Waals surface area contributed by atoms with Gasteiger partial charge in [0, 0.05) is 0 Å². The molecule has 0 aromatic carbocycles. The number of aliphatic hydroxyl groups is 1. The van der Waals surface area contributed by atoms with Crippen LogP contribution in [0.3, 0.4) is 0 Å². The Morgan fingerprint density at radius 1 is 1.20 bits per heavy atom. The molecule has 1 heteroatoms. The second kappa shape index (κ2) is 2.54. The Bertz CT molecular complexity index is 112. The van der Waals surface area contributed by atoms with Crippen molar-refractivity contribution in [2.45, 2.75) is 46.1 Å². The first-order valence-corrected chi connectivity index (χ1v) is 4.18. The number of aliphatic hydroxyl groups excluding tert-OH is 1. The van der Waals surface area contributed by atoms with Crippen LogP contribution >= 0.6 is 0 Å². The minimum absolute atomic E-state index is 0.00998. The van der Waals surface area contributed by atoms with Crippen LogP contribution < -0.4 is 0 Å². The van der Waals surface area contributed by atoms with E-state index >= 15 is 0 Å². The zero-order valence-corrected chi connectivity index (χ0v) is 7.22. The van der Waals surface area contributed by atoms with Crippen LogP contribution in [-0.2, 0) is 0 Å². The second-order valence-electron chi connectivity index (χ2n) is 4.53. The SMILES string of the molecule is CC(C)(C)C1CC[C@@H](O)C1. The highest BCUT2D eigenvalue weighted by Gasteiger charge is 2.31. The summed E-state index contributed by atoms with van der Waals surface area (Å²) in [5.74, 6) is 0.738. The van der Waals surface area contributed by atoms with E-state index in [1.165, 1.54) is 6.42 Å². The van der Waals surface area contributed by atoms with Crippen LogP contribution in [0.4, 0.5) is 0 Å². The van der Waals surface area contributed by atoms with E-state index in [2.05, 4.69) is 20.8 Å². The van der Waals surface area contributed by atoms with Crippen molar-refractivity contribution in [3.05, 3.63) is 0 Å². The van der Waals surface area contributed by atoms with Gasteiger partial charge in [0.25, 0.3) is 0 Å². The summed E-state index contributed by atoms with van der Waals surface area (Å²) in [6.45, 7) is 6.78. The predicted molar refractivity (Wildman–Crippen MR) is 42.8 cm³/mol. The molecular weight excluding hydrogens is 124 g/mol. The summed E-state index contributed by atoms with van der Waals surface area (Å²) in [7, 11) is 0. The fourth-order valence-corrected chi connectivity index (χ4v) is 1.74. The predicted octanol–water partition coefficient (Wildman–Crippen LogP) is 2.19. The van der Waals surface area contributed by atoms with Crippen LogP contribution in [0.5, 0.6) is 0 Å². The van der Waals surface area contributed by atoms with Crippen molar-refractivity contribution < 1.29 is 5.11 Å². The summed E-state index contributed by atoms with van der Waals surface area (Å²) in [6.07, 6.45) is 3.24. The van der Waals surface area contributed by atoms with Crippen molar-refractivity contribution >= 4 is 0 Å². The molecule has 0 saturated heterocycles. The molecule has 1 aliphatic rings. The van der Waals surface area contributed by atoms with Crippen LogP contribution in [0.15, 0.2) is 0 Å². The topological polar surface area (TPSA) is 20.2 Å². The molecule has 0 aromatic heterocycles. The average molecular weight is 142 g/mol. The number of hydrogen-bond donors (Lipinski definition) is 1. The Morgan fingerprint density at radius 3 is 2.00 bits per heavy atom. The highest BCUT2D eigenvalue weighted by Crippen LogP contribution is 2.38. The summed E-state index contributed by atoms with van der Waals surface area (Å²) in [5, 5.41) is 9.26. The van der Waals surface area contributed by atoms with Gasteiger partial charge in [-0.05, 0) is 30.6 Å². The zero-order valence-electron chi connectivity index (χ0n) is 7.22. The van der Waals surface area contributed by atoms with Crippen molar-refractivity contribution in [2.75, 3.05) is 0 Å². The van der Waals surface area contributed by atoms with Gasteiger partial charge in [-0.15, -0.1) is 0 Å². The maximum atomic E-state index is 9.26. The minimum atomic E-state index is -0.00998. The molecule has 1 fully saturated rings. The molecule has 0 amide bonds. The van der Waals surface area contributed by atoms with Crippen molar-refractivity contribution in [2.24, 2.45) is 11.3 Å². The van der Waals surface area contributed by atoms with Gasteiger partial charge in [0.05, 0.1) is 6.10 Å². The lowest BCUT2D eigenvalue weighted by atomic mass is 9.80. The van der Waals surface area contributed by atoms with Gasteiger partial charge >= 0.3 is 0 Å². The molecule has 0 radical (unpaired) electrons. The molecule has 0 aromatic rings. The molecule has 1 unspecified atom stereocenters. The molecule has 1 rings (SSSR count). The van der Waals surface area contributed by atoms with Gasteiger partial charge in [0.15, 0.2) is 0 Å². The van der Waals surface area contributed by atoms with Crippen molar-refractivity contribution in [1.29, 1.82) is 0 Å². The van der Waals surface area contributed by atoms with E-state index in [0.717, 1.165) is 18.8 Å². The Labute approximate surface area is 63.4 Å². The van der Waals surface area contributed by atoms with Crippen molar-refractivity contribution in [1.82, 2.24) is 0 Å². The largest absolute Gasteiger partial charge is 0.393 e. The minimum Gasteiger partial charge on any atom is -0.393 e. The fraction of sp³-hybridized carbons (Fsp3) is 1.00. The molecule has 10 heavy (non-hydrogen) atoms. The van der Waals surface area contributed by atoms with E-state index in [4.69, 9.17) is 0 Å². The first-order chi connectivity index (χ1) is 4.50. The summed E-state index contributed by atoms with van der Waals surface area (Å²) in [6, 6.07) is 0. The third-order valence-electron chi connectivity index (χ3n) is 2.63. The van der Waals surface area contributed by atoms with Crippen LogP contribution in [-0.4, -0.2) is 11.2 Å². The van der Waals surface area contributed by atoms with E-state index in [1.54, 1.807) is 0 Å². The summed E-state index contributed by atoms with van der Waals surface area (Å²) >= 11 is 0. The van der Waals surface area contributed by atoms with Gasteiger partial charge in [-0.3, -0.25) is 0 Å². The summed E-state index contributed by atoms with van der Waals surface area (Å²) in [4.78, 5) is 0. The van der Waals surface area contributed by atoms with Gasteiger partial charge in [0.2, 0.25) is 0 Å². The monoisotopic (exact) mass is 142 g/mol. The van der Waals surface area contributed by atoms with E-state index in [0.29, 0.717) is 5.41 Å². The summed E-state index contributed by atoms with van der Waals surface area (Å²) in [5.41, 5.74) is 0.400. The molecule has 0 bridgehead atoms. The zero-order chi connectivity index (χ0) is 7.78. The quantitative estimate of drug-likeness (QED) is 0.549.